The Kier molecular flexibility index (Phi) is 12.9. The maximum Gasteiger partial charge on any atom is 0.221 e. The molecule has 0 aromatic heterocycles. The van der Waals surface area contributed by atoms with Crippen LogP contribution in [0, 0.1) is 5.82 Å². The van der Waals surface area contributed by atoms with E-state index in [1.165, 1.54) is 12.1 Å². The molecule has 3 N–H and O–H groups in total. The fourth-order valence-corrected chi connectivity index (χ4v) is 3.21. The third kappa shape index (κ3) is 9.57. The average molecular weight is 535 g/mol. The number of nitrogens with zero attached hydrogens (tertiary/aromatic N) is 2. The van der Waals surface area contributed by atoms with Crippen molar-refractivity contribution in [2.24, 2.45) is 4.99 Å². The van der Waals surface area contributed by atoms with E-state index in [-0.39, 0.29) is 47.8 Å². The van der Waals surface area contributed by atoms with Crippen LogP contribution in [-0.2, 0) is 9.53 Å². The van der Waals surface area contributed by atoms with Crippen molar-refractivity contribution in [1.29, 1.82) is 0 Å². The Balaban J connectivity index is 0.00000450. The van der Waals surface area contributed by atoms with Crippen molar-refractivity contribution in [3.05, 3.63) is 35.6 Å². The number of nitrogens with one attached hydrogen (secondary N) is 3. The van der Waals surface area contributed by atoms with Crippen LogP contribution in [0.15, 0.2) is 29.3 Å². The molecule has 1 heterocycles. The van der Waals surface area contributed by atoms with Crippen LogP contribution in [0.2, 0.25) is 0 Å². The third-order valence-electron chi connectivity index (χ3n) is 4.60. The van der Waals surface area contributed by atoms with Gasteiger partial charge in [0.05, 0.1) is 25.8 Å². The smallest absolute Gasteiger partial charge is 0.221 e. The highest BCUT2D eigenvalue weighted by Gasteiger charge is 2.22. The number of carbonyl (C=O) groups excluding carboxylic acids is 1. The van der Waals surface area contributed by atoms with Gasteiger partial charge in [0.25, 0.3) is 0 Å². The molecule has 2 rings (SSSR count). The van der Waals surface area contributed by atoms with Gasteiger partial charge >= 0.3 is 0 Å². The quantitative estimate of drug-likeness (QED) is 0.257. The van der Waals surface area contributed by atoms with Crippen LogP contribution in [0.3, 0.4) is 0 Å². The Hall–Kier alpha value is -1.46. The van der Waals surface area contributed by atoms with Gasteiger partial charge in [0.1, 0.15) is 5.82 Å². The number of hydrogen-bond donors (Lipinski definition) is 3. The predicted octanol–water partition coefficient (Wildman–Crippen LogP) is 2.29. The molecule has 1 aliphatic heterocycles. The number of morpholine rings is 1. The Bertz CT molecular complexity index is 651. The zero-order chi connectivity index (χ0) is 21.1. The number of benzene rings is 1. The molecule has 0 saturated carbocycles. The molecule has 0 radical (unpaired) electrons. The topological polar surface area (TPSA) is 78.0 Å². The Morgan fingerprint density at radius 1 is 1.20 bits per heavy atom. The molecule has 9 heteroatoms. The molecule has 1 unspecified atom stereocenters. The van der Waals surface area contributed by atoms with E-state index in [1.807, 2.05) is 32.9 Å². The summed E-state index contributed by atoms with van der Waals surface area (Å²) in [6.45, 7) is 10.6. The molecule has 1 amide bonds. The lowest BCUT2D eigenvalue weighted by Crippen LogP contribution is -2.42. The summed E-state index contributed by atoms with van der Waals surface area (Å²) in [4.78, 5) is 18.9. The number of rotatable bonds is 9. The van der Waals surface area contributed by atoms with Crippen molar-refractivity contribution in [2.75, 3.05) is 45.9 Å². The predicted molar refractivity (Wildman–Crippen MR) is 129 cm³/mol. The van der Waals surface area contributed by atoms with Gasteiger partial charge < -0.3 is 20.7 Å². The van der Waals surface area contributed by atoms with Crippen molar-refractivity contribution in [2.45, 2.75) is 39.3 Å². The lowest BCUT2D eigenvalue weighted by Gasteiger charge is -2.34. The van der Waals surface area contributed by atoms with Gasteiger partial charge in [0.2, 0.25) is 5.91 Å². The van der Waals surface area contributed by atoms with Crippen molar-refractivity contribution in [3.8, 4) is 0 Å². The summed E-state index contributed by atoms with van der Waals surface area (Å²) in [6, 6.07) is 6.80. The number of guanidine groups is 1. The monoisotopic (exact) mass is 535 g/mol. The van der Waals surface area contributed by atoms with Gasteiger partial charge in [-0.2, -0.15) is 0 Å². The van der Waals surface area contributed by atoms with Crippen molar-refractivity contribution >= 4 is 35.8 Å². The normalized spacial score (nSPS) is 16.0. The summed E-state index contributed by atoms with van der Waals surface area (Å²) in [5.41, 5.74) is 1.03. The summed E-state index contributed by atoms with van der Waals surface area (Å²) in [5.74, 6) is 0.443. The highest BCUT2D eigenvalue weighted by Crippen LogP contribution is 2.22. The van der Waals surface area contributed by atoms with Crippen LogP contribution in [0.25, 0.3) is 0 Å². The zero-order valence-corrected chi connectivity index (χ0v) is 20.4. The minimum absolute atomic E-state index is 0. The van der Waals surface area contributed by atoms with Crippen LogP contribution in [-0.4, -0.2) is 68.7 Å². The van der Waals surface area contributed by atoms with E-state index in [4.69, 9.17) is 9.73 Å². The van der Waals surface area contributed by atoms with E-state index in [0.717, 1.165) is 25.2 Å². The first-order valence-electron chi connectivity index (χ1n) is 10.4. The molecule has 1 aromatic rings. The van der Waals surface area contributed by atoms with Crippen molar-refractivity contribution in [1.82, 2.24) is 20.9 Å². The Morgan fingerprint density at radius 2 is 1.87 bits per heavy atom. The summed E-state index contributed by atoms with van der Waals surface area (Å²) in [5, 5.41) is 9.32. The first-order valence-corrected chi connectivity index (χ1v) is 10.4. The van der Waals surface area contributed by atoms with Crippen LogP contribution in [0.1, 0.15) is 38.8 Å². The maximum atomic E-state index is 13.4. The highest BCUT2D eigenvalue weighted by atomic mass is 127. The Labute approximate surface area is 196 Å². The van der Waals surface area contributed by atoms with Gasteiger partial charge in [-0.25, -0.2) is 4.39 Å². The summed E-state index contributed by atoms with van der Waals surface area (Å²) in [6.07, 6.45) is 0.382. The number of hydrogen-bond acceptors (Lipinski definition) is 4. The standard InChI is InChI=1S/C21H34FN5O2.HI/c1-4-23-21(24-10-9-20(28)26-16(2)3)25-15-19(27-11-13-29-14-12-27)17-5-7-18(22)8-6-17;/h5-8,16,19H,4,9-15H2,1-3H3,(H,26,28)(H2,23,24,25);1H. The lowest BCUT2D eigenvalue weighted by molar-refractivity contribution is -0.121. The van der Waals surface area contributed by atoms with E-state index >= 15 is 0 Å². The fourth-order valence-electron chi connectivity index (χ4n) is 3.21. The second-order valence-electron chi connectivity index (χ2n) is 7.33. The molecule has 30 heavy (non-hydrogen) atoms. The molecule has 1 fully saturated rings. The van der Waals surface area contributed by atoms with Gasteiger partial charge in [-0.15, -0.1) is 24.0 Å². The number of halogens is 2. The molecule has 1 aliphatic rings. The van der Waals surface area contributed by atoms with Crippen molar-refractivity contribution < 1.29 is 13.9 Å². The molecule has 0 aliphatic carbocycles. The fraction of sp³-hybridized carbons (Fsp3) is 0.619. The summed E-state index contributed by atoms with van der Waals surface area (Å²) >= 11 is 0. The van der Waals surface area contributed by atoms with Crippen molar-refractivity contribution in [3.63, 3.8) is 0 Å². The van der Waals surface area contributed by atoms with E-state index < -0.39 is 0 Å². The molecular formula is C21H35FIN5O2. The third-order valence-corrected chi connectivity index (χ3v) is 4.60. The van der Waals surface area contributed by atoms with Crippen LogP contribution in [0.4, 0.5) is 4.39 Å². The first kappa shape index (κ1) is 26.6. The van der Waals surface area contributed by atoms with Crippen LogP contribution < -0.4 is 16.0 Å². The second-order valence-corrected chi connectivity index (χ2v) is 7.33. The van der Waals surface area contributed by atoms with E-state index in [9.17, 15) is 9.18 Å². The van der Waals surface area contributed by atoms with E-state index in [2.05, 4.69) is 20.9 Å². The molecule has 7 nitrogen and oxygen atoms in total. The molecular weight excluding hydrogens is 500 g/mol. The molecule has 1 saturated heterocycles. The number of aliphatic imine (C=N–C) groups is 1. The Morgan fingerprint density at radius 3 is 2.47 bits per heavy atom. The van der Waals surface area contributed by atoms with Gasteiger partial charge in [0.15, 0.2) is 5.96 Å². The van der Waals surface area contributed by atoms with Gasteiger partial charge in [-0.3, -0.25) is 14.7 Å². The highest BCUT2D eigenvalue weighted by molar-refractivity contribution is 14.0. The molecule has 170 valence electrons. The van der Waals surface area contributed by atoms with Gasteiger partial charge in [-0.1, -0.05) is 12.1 Å². The van der Waals surface area contributed by atoms with E-state index in [1.54, 1.807) is 0 Å². The SMILES string of the molecule is CCNC(=NCC(c1ccc(F)cc1)N1CCOCC1)NCCC(=O)NC(C)C.I. The zero-order valence-electron chi connectivity index (χ0n) is 18.1. The molecule has 0 bridgehead atoms. The maximum absolute atomic E-state index is 13.4. The first-order chi connectivity index (χ1) is 14.0. The summed E-state index contributed by atoms with van der Waals surface area (Å²) < 4.78 is 18.8. The second kappa shape index (κ2) is 14.5. The number of amides is 1. The lowest BCUT2D eigenvalue weighted by atomic mass is 10.0. The minimum atomic E-state index is -0.243. The minimum Gasteiger partial charge on any atom is -0.379 e. The largest absolute Gasteiger partial charge is 0.379 e. The number of ether oxygens (including phenoxy) is 1. The molecule has 0 spiro atoms. The number of carbonyl (C=O) groups is 1. The van der Waals surface area contributed by atoms with Crippen LogP contribution >= 0.6 is 24.0 Å². The van der Waals surface area contributed by atoms with E-state index in [0.29, 0.717) is 38.7 Å². The molecule has 1 aromatic carbocycles. The van der Waals surface area contributed by atoms with Crippen LogP contribution in [0.5, 0.6) is 0 Å². The average Bonchev–Trinajstić information content (AvgIpc) is 2.69. The van der Waals surface area contributed by atoms with Gasteiger partial charge in [-0.05, 0) is 38.5 Å². The summed E-state index contributed by atoms with van der Waals surface area (Å²) in [7, 11) is 0. The van der Waals surface area contributed by atoms with Gasteiger partial charge in [0, 0.05) is 38.6 Å². The molecule has 1 atom stereocenters.